The molecule has 4 aromatic rings. The molecule has 0 bridgehead atoms. The summed E-state index contributed by atoms with van der Waals surface area (Å²) in [7, 11) is 0. The smallest absolute Gasteiger partial charge is 0.244 e. The zero-order chi connectivity index (χ0) is 24.4. The van der Waals surface area contributed by atoms with Crippen LogP contribution in [0.5, 0.6) is 0 Å². The van der Waals surface area contributed by atoms with Gasteiger partial charge in [-0.05, 0) is 68.1 Å². The monoisotopic (exact) mass is 453 g/mol. The highest BCUT2D eigenvalue weighted by Gasteiger charge is 2.19. The summed E-state index contributed by atoms with van der Waals surface area (Å²) in [5.41, 5.74) is 5.04. The van der Waals surface area contributed by atoms with E-state index in [0.29, 0.717) is 28.0 Å². The first kappa shape index (κ1) is 23.1. The van der Waals surface area contributed by atoms with Gasteiger partial charge in [0.15, 0.2) is 5.78 Å². The number of amides is 1. The maximum Gasteiger partial charge on any atom is 0.244 e. The third-order valence-corrected chi connectivity index (χ3v) is 5.75. The van der Waals surface area contributed by atoms with E-state index < -0.39 is 5.43 Å². The topological polar surface area (TPSA) is 81.1 Å². The van der Waals surface area contributed by atoms with E-state index in [-0.39, 0.29) is 23.8 Å². The molecule has 1 amide bonds. The lowest BCUT2D eigenvalue weighted by molar-refractivity contribution is -0.116. The van der Waals surface area contributed by atoms with Crippen LogP contribution in [-0.2, 0) is 17.8 Å². The number of rotatable bonds is 6. The number of carbonyl (C=O) groups is 2. The van der Waals surface area contributed by atoms with E-state index in [1.165, 1.54) is 6.20 Å². The normalized spacial score (nSPS) is 10.9. The van der Waals surface area contributed by atoms with Crippen molar-refractivity contribution in [2.45, 2.75) is 40.7 Å². The van der Waals surface area contributed by atoms with Crippen LogP contribution < -0.4 is 10.7 Å². The summed E-state index contributed by atoms with van der Waals surface area (Å²) in [5, 5.41) is 3.21. The molecule has 0 aliphatic heterocycles. The van der Waals surface area contributed by atoms with Crippen LogP contribution in [0.2, 0.25) is 0 Å². The number of nitrogens with zero attached hydrogens (tertiary/aromatic N) is 2. The molecule has 6 nitrogen and oxygen atoms in total. The Bertz CT molecular complexity index is 1450. The Kier molecular flexibility index (Phi) is 6.41. The molecule has 0 aliphatic carbocycles. The molecule has 172 valence electrons. The first-order valence-corrected chi connectivity index (χ1v) is 11.3. The van der Waals surface area contributed by atoms with E-state index in [1.54, 1.807) is 28.8 Å². The molecule has 0 aliphatic rings. The number of nitrogens with one attached hydrogen (secondary N) is 1. The molecule has 4 rings (SSSR count). The highest BCUT2D eigenvalue weighted by Crippen LogP contribution is 2.17. The number of ketones is 1. The largest absolute Gasteiger partial charge is 0.325 e. The Hall–Kier alpha value is -4.06. The molecule has 0 atom stereocenters. The number of hydrogen-bond donors (Lipinski definition) is 1. The van der Waals surface area contributed by atoms with Gasteiger partial charge >= 0.3 is 0 Å². The second-order valence-corrected chi connectivity index (χ2v) is 8.63. The third kappa shape index (κ3) is 4.81. The molecular formula is C28H27N3O3. The van der Waals surface area contributed by atoms with Crippen LogP contribution >= 0.6 is 0 Å². The molecule has 0 unspecified atom stereocenters. The first-order chi connectivity index (χ1) is 16.2. The van der Waals surface area contributed by atoms with Gasteiger partial charge in [0.2, 0.25) is 11.3 Å². The van der Waals surface area contributed by atoms with E-state index in [0.717, 1.165) is 23.1 Å². The molecule has 0 spiro atoms. The van der Waals surface area contributed by atoms with Crippen molar-refractivity contribution in [2.75, 3.05) is 5.32 Å². The fourth-order valence-electron chi connectivity index (χ4n) is 4.09. The number of aromatic nitrogens is 2. The highest BCUT2D eigenvalue weighted by atomic mass is 16.2. The summed E-state index contributed by atoms with van der Waals surface area (Å²) >= 11 is 0. The SMILES string of the molecule is CCc1ccc(C(=O)c2cn(CC(=O)Nc3cc(C)cc(C)c3)c3nc(C)ccc3c2=O)cc1. The lowest BCUT2D eigenvalue weighted by Gasteiger charge is -2.14. The lowest BCUT2D eigenvalue weighted by atomic mass is 10.0. The average Bonchev–Trinajstić information content (AvgIpc) is 2.79. The molecule has 0 saturated carbocycles. The minimum absolute atomic E-state index is 0.0154. The van der Waals surface area contributed by atoms with E-state index in [9.17, 15) is 14.4 Å². The van der Waals surface area contributed by atoms with Crippen molar-refractivity contribution in [1.82, 2.24) is 9.55 Å². The van der Waals surface area contributed by atoms with Gasteiger partial charge in [0.25, 0.3) is 0 Å². The van der Waals surface area contributed by atoms with Crippen molar-refractivity contribution < 1.29 is 9.59 Å². The molecule has 2 aromatic carbocycles. The maximum absolute atomic E-state index is 13.2. The minimum Gasteiger partial charge on any atom is -0.325 e. The third-order valence-electron chi connectivity index (χ3n) is 5.75. The van der Waals surface area contributed by atoms with Crippen LogP contribution in [0.25, 0.3) is 11.0 Å². The number of pyridine rings is 2. The van der Waals surface area contributed by atoms with Gasteiger partial charge in [-0.2, -0.15) is 0 Å². The molecule has 0 radical (unpaired) electrons. The minimum atomic E-state index is -0.391. The van der Waals surface area contributed by atoms with Crippen molar-refractivity contribution in [1.29, 1.82) is 0 Å². The molecule has 6 heteroatoms. The van der Waals surface area contributed by atoms with Crippen molar-refractivity contribution in [2.24, 2.45) is 0 Å². The first-order valence-electron chi connectivity index (χ1n) is 11.3. The van der Waals surface area contributed by atoms with Gasteiger partial charge in [-0.1, -0.05) is 37.3 Å². The van der Waals surface area contributed by atoms with Gasteiger partial charge in [0, 0.05) is 23.1 Å². The Labute approximate surface area is 198 Å². The zero-order valence-corrected chi connectivity index (χ0v) is 19.8. The molecule has 2 aromatic heterocycles. The molecular weight excluding hydrogens is 426 g/mol. The highest BCUT2D eigenvalue weighted by molar-refractivity contribution is 6.10. The van der Waals surface area contributed by atoms with Crippen LogP contribution in [0.15, 0.2) is 65.6 Å². The van der Waals surface area contributed by atoms with Gasteiger partial charge in [-0.15, -0.1) is 0 Å². The Morgan fingerprint density at radius 3 is 2.26 bits per heavy atom. The Balaban J connectivity index is 1.75. The molecule has 1 N–H and O–H groups in total. The fourth-order valence-corrected chi connectivity index (χ4v) is 4.09. The van der Waals surface area contributed by atoms with Crippen molar-refractivity contribution in [3.05, 3.63) is 105 Å². The van der Waals surface area contributed by atoms with Gasteiger partial charge < -0.3 is 9.88 Å². The van der Waals surface area contributed by atoms with Gasteiger partial charge in [0.1, 0.15) is 12.2 Å². The van der Waals surface area contributed by atoms with Crippen LogP contribution in [0.4, 0.5) is 5.69 Å². The van der Waals surface area contributed by atoms with E-state index in [4.69, 9.17) is 0 Å². The molecule has 34 heavy (non-hydrogen) atoms. The summed E-state index contributed by atoms with van der Waals surface area (Å²) in [6.45, 7) is 7.70. The van der Waals surface area contributed by atoms with E-state index >= 15 is 0 Å². The second kappa shape index (κ2) is 9.43. The Morgan fingerprint density at radius 1 is 0.941 bits per heavy atom. The number of anilines is 1. The number of carbonyl (C=O) groups excluding carboxylic acids is 2. The molecule has 2 heterocycles. The number of hydrogen-bond acceptors (Lipinski definition) is 4. The summed E-state index contributed by atoms with van der Waals surface area (Å²) < 4.78 is 1.58. The number of benzene rings is 2. The zero-order valence-electron chi connectivity index (χ0n) is 19.8. The van der Waals surface area contributed by atoms with Gasteiger partial charge in [-0.3, -0.25) is 14.4 Å². The predicted octanol–water partition coefficient (Wildman–Crippen LogP) is 4.75. The summed E-state index contributed by atoms with van der Waals surface area (Å²) in [4.78, 5) is 43.9. The summed E-state index contributed by atoms with van der Waals surface area (Å²) in [5.74, 6) is -0.650. The summed E-state index contributed by atoms with van der Waals surface area (Å²) in [6, 6.07) is 16.4. The van der Waals surface area contributed by atoms with Crippen LogP contribution in [0.3, 0.4) is 0 Å². The fraction of sp³-hybridized carbons (Fsp3) is 0.214. The van der Waals surface area contributed by atoms with E-state index in [2.05, 4.69) is 10.3 Å². The number of aryl methyl sites for hydroxylation is 4. The average molecular weight is 454 g/mol. The van der Waals surface area contributed by atoms with Gasteiger partial charge in [0.05, 0.1) is 10.9 Å². The van der Waals surface area contributed by atoms with E-state index in [1.807, 2.05) is 58.0 Å². The van der Waals surface area contributed by atoms with Gasteiger partial charge in [-0.25, -0.2) is 4.98 Å². The predicted molar refractivity (Wildman–Crippen MR) is 135 cm³/mol. The molecule has 0 saturated heterocycles. The second-order valence-electron chi connectivity index (χ2n) is 8.63. The Morgan fingerprint density at radius 2 is 1.62 bits per heavy atom. The quantitative estimate of drug-likeness (QED) is 0.427. The van der Waals surface area contributed by atoms with Crippen molar-refractivity contribution in [3.63, 3.8) is 0 Å². The standard InChI is InChI=1S/C28H27N3O3/c1-5-20-7-9-21(10-8-20)26(33)24-15-31(28-23(27(24)34)11-6-19(4)29-28)16-25(32)30-22-13-17(2)12-18(3)14-22/h6-15H,5,16H2,1-4H3,(H,30,32). The van der Waals surface area contributed by atoms with Crippen LogP contribution in [0, 0.1) is 20.8 Å². The molecule has 0 fully saturated rings. The maximum atomic E-state index is 13.2. The van der Waals surface area contributed by atoms with Crippen molar-refractivity contribution in [3.8, 4) is 0 Å². The van der Waals surface area contributed by atoms with Crippen molar-refractivity contribution >= 4 is 28.4 Å². The lowest BCUT2D eigenvalue weighted by Crippen LogP contribution is -2.25. The summed E-state index contributed by atoms with van der Waals surface area (Å²) in [6.07, 6.45) is 2.31. The number of fused-ring (bicyclic) bond motifs is 1. The van der Waals surface area contributed by atoms with Crippen LogP contribution in [-0.4, -0.2) is 21.2 Å². The van der Waals surface area contributed by atoms with Crippen LogP contribution in [0.1, 0.15) is 45.2 Å².